The van der Waals surface area contributed by atoms with Gasteiger partial charge < -0.3 is 0 Å². The van der Waals surface area contributed by atoms with E-state index in [4.69, 9.17) is 0 Å². The van der Waals surface area contributed by atoms with Crippen LogP contribution in [0.15, 0.2) is 0 Å². The van der Waals surface area contributed by atoms with Crippen LogP contribution < -0.4 is 0 Å². The Hall–Kier alpha value is -0.330. The fourth-order valence-electron chi connectivity index (χ4n) is 0.772. The molecular formula is C6H9O. The minimum Gasteiger partial charge on any atom is -0.299 e. The molecule has 0 saturated heterocycles. The summed E-state index contributed by atoms with van der Waals surface area (Å²) in [6.45, 7) is 3.64. The second-order valence-corrected chi connectivity index (χ2v) is 1.99. The van der Waals surface area contributed by atoms with E-state index < -0.39 is 0 Å². The van der Waals surface area contributed by atoms with Crippen LogP contribution in [0.2, 0.25) is 0 Å². The van der Waals surface area contributed by atoms with Gasteiger partial charge >= 0.3 is 0 Å². The first-order valence-electron chi connectivity index (χ1n) is 2.66. The monoisotopic (exact) mass is 97.1 g/mol. The lowest BCUT2D eigenvalue weighted by Gasteiger charge is -2.21. The van der Waals surface area contributed by atoms with Gasteiger partial charge in [-0.2, -0.15) is 0 Å². The molecule has 1 unspecified atom stereocenters. The summed E-state index contributed by atoms with van der Waals surface area (Å²) < 4.78 is 0. The number of ketones is 1. The first-order valence-corrected chi connectivity index (χ1v) is 2.66. The molecule has 1 fully saturated rings. The first kappa shape index (κ1) is 4.82. The summed E-state index contributed by atoms with van der Waals surface area (Å²) in [6.07, 6.45) is 2.70. The molecule has 0 N–H and O–H groups in total. The van der Waals surface area contributed by atoms with Gasteiger partial charge in [0.15, 0.2) is 0 Å². The van der Waals surface area contributed by atoms with Crippen LogP contribution in [0.5, 0.6) is 0 Å². The largest absolute Gasteiger partial charge is 0.299 e. The smallest absolute Gasteiger partial charge is 0.136 e. The van der Waals surface area contributed by atoms with Gasteiger partial charge in [0.2, 0.25) is 0 Å². The van der Waals surface area contributed by atoms with Crippen molar-refractivity contribution in [2.24, 2.45) is 5.92 Å². The Morgan fingerprint density at radius 1 is 1.86 bits per heavy atom. The quantitative estimate of drug-likeness (QED) is 0.480. The zero-order chi connectivity index (χ0) is 5.28. The summed E-state index contributed by atoms with van der Waals surface area (Å²) in [7, 11) is 0. The average Bonchev–Trinajstić information content (AvgIpc) is 1.65. The molecule has 1 radical (unpaired) electrons. The maximum Gasteiger partial charge on any atom is 0.136 e. The molecule has 0 aromatic rings. The van der Waals surface area contributed by atoms with Crippen LogP contribution in [-0.4, -0.2) is 5.78 Å². The van der Waals surface area contributed by atoms with Gasteiger partial charge in [0.05, 0.1) is 0 Å². The molecule has 0 aromatic carbocycles. The van der Waals surface area contributed by atoms with E-state index >= 15 is 0 Å². The van der Waals surface area contributed by atoms with Gasteiger partial charge in [0.25, 0.3) is 0 Å². The van der Waals surface area contributed by atoms with Gasteiger partial charge in [-0.1, -0.05) is 6.92 Å². The third-order valence-electron chi connectivity index (χ3n) is 1.54. The highest BCUT2D eigenvalue weighted by atomic mass is 16.1. The molecule has 0 aliphatic heterocycles. The maximum atomic E-state index is 10.4. The van der Waals surface area contributed by atoms with E-state index in [1.807, 2.05) is 0 Å². The summed E-state index contributed by atoms with van der Waals surface area (Å²) in [4.78, 5) is 10.4. The second kappa shape index (κ2) is 1.65. The highest BCUT2D eigenvalue weighted by molar-refractivity contribution is 5.86. The topological polar surface area (TPSA) is 17.1 Å². The number of carbonyl (C=O) groups is 1. The third-order valence-corrected chi connectivity index (χ3v) is 1.54. The van der Waals surface area contributed by atoms with Gasteiger partial charge in [0.1, 0.15) is 5.78 Å². The third kappa shape index (κ3) is 0.671. The summed E-state index contributed by atoms with van der Waals surface area (Å²) >= 11 is 0. The van der Waals surface area contributed by atoms with Crippen molar-refractivity contribution in [1.82, 2.24) is 0 Å². The van der Waals surface area contributed by atoms with E-state index in [-0.39, 0.29) is 0 Å². The zero-order valence-corrected chi connectivity index (χ0v) is 4.31. The zero-order valence-electron chi connectivity index (χ0n) is 4.31. The molecule has 0 spiro atoms. The number of hydrogen-bond acceptors (Lipinski definition) is 1. The lowest BCUT2D eigenvalue weighted by molar-refractivity contribution is -0.129. The van der Waals surface area contributed by atoms with Crippen molar-refractivity contribution in [1.29, 1.82) is 0 Å². The molecule has 39 valence electrons. The SMILES string of the molecule is [CH2]CC1CCC1=O. The molecule has 1 atom stereocenters. The molecule has 0 amide bonds. The lowest BCUT2D eigenvalue weighted by atomic mass is 9.82. The van der Waals surface area contributed by atoms with Crippen LogP contribution in [0.3, 0.4) is 0 Å². The fourth-order valence-corrected chi connectivity index (χ4v) is 0.772. The van der Waals surface area contributed by atoms with Crippen LogP contribution >= 0.6 is 0 Å². The molecule has 1 saturated carbocycles. The van der Waals surface area contributed by atoms with Gasteiger partial charge in [-0.15, -0.1) is 0 Å². The van der Waals surface area contributed by atoms with Crippen LogP contribution in [0.25, 0.3) is 0 Å². The maximum absolute atomic E-state index is 10.4. The van der Waals surface area contributed by atoms with E-state index in [0.717, 1.165) is 19.3 Å². The van der Waals surface area contributed by atoms with Crippen molar-refractivity contribution in [3.05, 3.63) is 6.92 Å². The number of rotatable bonds is 1. The normalized spacial score (nSPS) is 29.9. The van der Waals surface area contributed by atoms with Crippen molar-refractivity contribution in [3.8, 4) is 0 Å². The number of hydrogen-bond donors (Lipinski definition) is 0. The Labute approximate surface area is 43.7 Å². The van der Waals surface area contributed by atoms with E-state index in [9.17, 15) is 4.79 Å². The Morgan fingerprint density at radius 3 is 2.57 bits per heavy atom. The van der Waals surface area contributed by atoms with Crippen molar-refractivity contribution < 1.29 is 4.79 Å². The minimum absolute atomic E-state index is 0.333. The highest BCUT2D eigenvalue weighted by Gasteiger charge is 2.25. The molecule has 1 rings (SSSR count). The average molecular weight is 97.1 g/mol. The minimum atomic E-state index is 0.333. The predicted molar refractivity (Wildman–Crippen MR) is 27.7 cm³/mol. The highest BCUT2D eigenvalue weighted by Crippen LogP contribution is 2.24. The molecule has 0 bridgehead atoms. The van der Waals surface area contributed by atoms with Gasteiger partial charge in [-0.05, 0) is 12.8 Å². The lowest BCUT2D eigenvalue weighted by Crippen LogP contribution is -2.24. The molecular weight excluding hydrogens is 88.1 g/mol. The second-order valence-electron chi connectivity index (χ2n) is 1.99. The Kier molecular flexibility index (Phi) is 1.13. The summed E-state index contributed by atoms with van der Waals surface area (Å²) in [5.74, 6) is 0.745. The van der Waals surface area contributed by atoms with Crippen molar-refractivity contribution in [2.45, 2.75) is 19.3 Å². The van der Waals surface area contributed by atoms with Gasteiger partial charge in [-0.3, -0.25) is 4.79 Å². The van der Waals surface area contributed by atoms with Crippen molar-refractivity contribution >= 4 is 5.78 Å². The van der Waals surface area contributed by atoms with E-state index in [1.54, 1.807) is 0 Å². The Morgan fingerprint density at radius 2 is 2.57 bits per heavy atom. The van der Waals surface area contributed by atoms with Gasteiger partial charge in [-0.25, -0.2) is 0 Å². The molecule has 1 nitrogen and oxygen atoms in total. The molecule has 1 heteroatoms. The molecule has 7 heavy (non-hydrogen) atoms. The Balaban J connectivity index is 2.29. The molecule has 0 aromatic heterocycles. The van der Waals surface area contributed by atoms with Crippen LogP contribution in [0.1, 0.15) is 19.3 Å². The molecule has 1 aliphatic carbocycles. The Bertz CT molecular complexity index is 84.2. The van der Waals surface area contributed by atoms with Crippen LogP contribution in [0.4, 0.5) is 0 Å². The summed E-state index contributed by atoms with van der Waals surface area (Å²) in [5.41, 5.74) is 0. The molecule has 1 aliphatic rings. The van der Waals surface area contributed by atoms with Gasteiger partial charge in [0, 0.05) is 12.3 Å². The van der Waals surface area contributed by atoms with Crippen LogP contribution in [0, 0.1) is 12.8 Å². The predicted octanol–water partition coefficient (Wildman–Crippen LogP) is 1.19. The van der Waals surface area contributed by atoms with Crippen molar-refractivity contribution in [2.75, 3.05) is 0 Å². The molecule has 0 heterocycles. The van der Waals surface area contributed by atoms with Crippen molar-refractivity contribution in [3.63, 3.8) is 0 Å². The summed E-state index contributed by atoms with van der Waals surface area (Å²) in [5, 5.41) is 0. The first-order chi connectivity index (χ1) is 3.34. The van der Waals surface area contributed by atoms with E-state index in [0.29, 0.717) is 11.7 Å². The number of carbonyl (C=O) groups excluding carboxylic acids is 1. The standard InChI is InChI=1S/C6H9O/c1-2-5-3-4-6(5)7/h5H,1-4H2. The number of Topliss-reactive ketones (excluding diaryl/α,β-unsaturated/α-hetero) is 1. The summed E-state index contributed by atoms with van der Waals surface area (Å²) in [6, 6.07) is 0. The fraction of sp³-hybridized carbons (Fsp3) is 0.667. The van der Waals surface area contributed by atoms with E-state index in [2.05, 4.69) is 6.92 Å². The van der Waals surface area contributed by atoms with E-state index in [1.165, 1.54) is 0 Å². The van der Waals surface area contributed by atoms with Crippen LogP contribution in [-0.2, 0) is 4.79 Å².